The minimum Gasteiger partial charge on any atom is -0.343 e. The molecule has 0 spiro atoms. The summed E-state index contributed by atoms with van der Waals surface area (Å²) in [7, 11) is 0. The van der Waals surface area contributed by atoms with E-state index < -0.39 is 11.9 Å². The van der Waals surface area contributed by atoms with Crippen molar-refractivity contribution in [1.82, 2.24) is 0 Å². The monoisotopic (exact) mass is 358 g/mol. The fourth-order valence-electron chi connectivity index (χ4n) is 3.57. The quantitative estimate of drug-likeness (QED) is 0.188. The second-order valence-corrected chi connectivity index (χ2v) is 7.91. The van der Waals surface area contributed by atoms with E-state index in [2.05, 4.69) is 13.8 Å². The first-order valence-corrected chi connectivity index (χ1v) is 11.2. The molecule has 0 aliphatic heterocycles. The summed E-state index contributed by atoms with van der Waals surface area (Å²) in [6.45, 7) is 4.35. The standard InChI is InChI=1S/C22H46O3/c1-3-5-7-8-9-10-11-12-13-14-15-16-17-18-20-21(19-6-4-2)22(23,24)25/h21,23-25H,3-20H2,1-2H3. The van der Waals surface area contributed by atoms with Crippen molar-refractivity contribution in [3.63, 3.8) is 0 Å². The van der Waals surface area contributed by atoms with E-state index in [4.69, 9.17) is 0 Å². The van der Waals surface area contributed by atoms with Gasteiger partial charge in [-0.3, -0.25) is 0 Å². The van der Waals surface area contributed by atoms with Crippen LogP contribution in [-0.2, 0) is 0 Å². The van der Waals surface area contributed by atoms with Gasteiger partial charge >= 0.3 is 0 Å². The Balaban J connectivity index is 3.37. The van der Waals surface area contributed by atoms with Crippen LogP contribution in [0.3, 0.4) is 0 Å². The minimum atomic E-state index is -2.49. The molecule has 3 heteroatoms. The van der Waals surface area contributed by atoms with Gasteiger partial charge in [-0.25, -0.2) is 0 Å². The summed E-state index contributed by atoms with van der Waals surface area (Å²) in [5.74, 6) is -2.89. The van der Waals surface area contributed by atoms with Crippen molar-refractivity contribution in [1.29, 1.82) is 0 Å². The lowest BCUT2D eigenvalue weighted by Gasteiger charge is -2.25. The van der Waals surface area contributed by atoms with Crippen LogP contribution in [0.2, 0.25) is 0 Å². The van der Waals surface area contributed by atoms with Gasteiger partial charge < -0.3 is 15.3 Å². The molecule has 0 saturated carbocycles. The fraction of sp³-hybridized carbons (Fsp3) is 1.00. The van der Waals surface area contributed by atoms with Gasteiger partial charge in [0.05, 0.1) is 0 Å². The van der Waals surface area contributed by atoms with Crippen LogP contribution in [0.25, 0.3) is 0 Å². The van der Waals surface area contributed by atoms with Crippen molar-refractivity contribution in [3.8, 4) is 0 Å². The van der Waals surface area contributed by atoms with E-state index in [1.54, 1.807) is 0 Å². The fourth-order valence-corrected chi connectivity index (χ4v) is 3.57. The normalized spacial score (nSPS) is 13.3. The van der Waals surface area contributed by atoms with E-state index in [-0.39, 0.29) is 0 Å². The third-order valence-corrected chi connectivity index (χ3v) is 5.36. The van der Waals surface area contributed by atoms with E-state index in [1.165, 1.54) is 77.0 Å². The first-order chi connectivity index (χ1) is 12.0. The molecule has 152 valence electrons. The number of hydrogen-bond acceptors (Lipinski definition) is 3. The van der Waals surface area contributed by atoms with Crippen LogP contribution in [0.5, 0.6) is 0 Å². The molecule has 0 aromatic rings. The zero-order valence-electron chi connectivity index (χ0n) is 17.1. The van der Waals surface area contributed by atoms with Gasteiger partial charge in [-0.05, 0) is 12.8 Å². The highest BCUT2D eigenvalue weighted by Gasteiger charge is 2.30. The number of hydrogen-bond donors (Lipinski definition) is 3. The Kier molecular flexibility index (Phi) is 17.2. The first kappa shape index (κ1) is 24.9. The van der Waals surface area contributed by atoms with Crippen LogP contribution in [0, 0.1) is 5.92 Å². The molecule has 0 amide bonds. The molecular formula is C22H46O3. The maximum absolute atomic E-state index is 9.42. The molecule has 0 aliphatic carbocycles. The minimum absolute atomic E-state index is 0.398. The Labute approximate surface area is 157 Å². The summed E-state index contributed by atoms with van der Waals surface area (Å²) in [6.07, 6.45) is 21.9. The molecule has 3 N–H and O–H groups in total. The van der Waals surface area contributed by atoms with Gasteiger partial charge in [0.1, 0.15) is 0 Å². The second kappa shape index (κ2) is 17.3. The van der Waals surface area contributed by atoms with E-state index in [1.807, 2.05) is 0 Å². The van der Waals surface area contributed by atoms with E-state index in [0.717, 1.165) is 25.7 Å². The predicted octanol–water partition coefficient (Wildman–Crippen LogP) is 6.29. The zero-order chi connectivity index (χ0) is 18.8. The molecule has 0 bridgehead atoms. The van der Waals surface area contributed by atoms with Crippen molar-refractivity contribution in [3.05, 3.63) is 0 Å². The Bertz CT molecular complexity index is 260. The lowest BCUT2D eigenvalue weighted by atomic mass is 9.93. The molecule has 0 aliphatic rings. The number of rotatable bonds is 19. The molecule has 0 heterocycles. The van der Waals surface area contributed by atoms with Crippen molar-refractivity contribution in [2.24, 2.45) is 5.92 Å². The van der Waals surface area contributed by atoms with Crippen LogP contribution >= 0.6 is 0 Å². The summed E-state index contributed by atoms with van der Waals surface area (Å²) in [4.78, 5) is 0. The molecule has 0 rings (SSSR count). The Hall–Kier alpha value is -0.120. The summed E-state index contributed by atoms with van der Waals surface area (Å²) >= 11 is 0. The summed E-state index contributed by atoms with van der Waals surface area (Å²) in [6, 6.07) is 0. The Morgan fingerprint density at radius 3 is 1.16 bits per heavy atom. The van der Waals surface area contributed by atoms with Crippen LogP contribution in [0.1, 0.15) is 129 Å². The average molecular weight is 359 g/mol. The summed E-state index contributed by atoms with van der Waals surface area (Å²) in [5.41, 5.74) is 0. The molecular weight excluding hydrogens is 312 g/mol. The molecule has 0 fully saturated rings. The van der Waals surface area contributed by atoms with E-state index in [0.29, 0.717) is 12.8 Å². The predicted molar refractivity (Wildman–Crippen MR) is 107 cm³/mol. The topological polar surface area (TPSA) is 60.7 Å². The Morgan fingerprint density at radius 1 is 0.480 bits per heavy atom. The van der Waals surface area contributed by atoms with Gasteiger partial charge in [0.2, 0.25) is 0 Å². The van der Waals surface area contributed by atoms with Gasteiger partial charge in [0, 0.05) is 5.92 Å². The molecule has 0 aromatic heterocycles. The van der Waals surface area contributed by atoms with Crippen LogP contribution in [0.15, 0.2) is 0 Å². The highest BCUT2D eigenvalue weighted by molar-refractivity contribution is 4.66. The molecule has 1 unspecified atom stereocenters. The molecule has 3 nitrogen and oxygen atoms in total. The van der Waals surface area contributed by atoms with Crippen molar-refractivity contribution >= 4 is 0 Å². The lowest BCUT2D eigenvalue weighted by molar-refractivity contribution is -0.344. The molecule has 25 heavy (non-hydrogen) atoms. The zero-order valence-corrected chi connectivity index (χ0v) is 17.1. The first-order valence-electron chi connectivity index (χ1n) is 11.2. The highest BCUT2D eigenvalue weighted by atomic mass is 16.7. The molecule has 1 atom stereocenters. The van der Waals surface area contributed by atoms with Crippen LogP contribution in [0.4, 0.5) is 0 Å². The largest absolute Gasteiger partial charge is 0.343 e. The van der Waals surface area contributed by atoms with Crippen molar-refractivity contribution in [2.75, 3.05) is 0 Å². The highest BCUT2D eigenvalue weighted by Crippen LogP contribution is 2.25. The Morgan fingerprint density at radius 2 is 0.800 bits per heavy atom. The van der Waals surface area contributed by atoms with Gasteiger partial charge in [0.15, 0.2) is 0 Å². The van der Waals surface area contributed by atoms with Gasteiger partial charge in [-0.15, -0.1) is 0 Å². The molecule has 0 saturated heterocycles. The van der Waals surface area contributed by atoms with Crippen molar-refractivity contribution in [2.45, 2.75) is 135 Å². The maximum Gasteiger partial charge on any atom is 0.278 e. The number of unbranched alkanes of at least 4 members (excludes halogenated alkanes) is 14. The summed E-state index contributed by atoms with van der Waals surface area (Å²) in [5, 5.41) is 28.3. The van der Waals surface area contributed by atoms with E-state index >= 15 is 0 Å². The van der Waals surface area contributed by atoms with Gasteiger partial charge in [-0.2, -0.15) is 0 Å². The molecule has 0 radical (unpaired) electrons. The summed E-state index contributed by atoms with van der Waals surface area (Å²) < 4.78 is 0. The third-order valence-electron chi connectivity index (χ3n) is 5.36. The number of aliphatic hydroxyl groups is 3. The van der Waals surface area contributed by atoms with Gasteiger partial charge in [0.25, 0.3) is 5.97 Å². The van der Waals surface area contributed by atoms with E-state index in [9.17, 15) is 15.3 Å². The maximum atomic E-state index is 9.42. The SMILES string of the molecule is CCCCCCCCCCCCCCCCC(CCCC)C(O)(O)O. The third kappa shape index (κ3) is 17.1. The second-order valence-electron chi connectivity index (χ2n) is 7.91. The lowest BCUT2D eigenvalue weighted by Crippen LogP contribution is -2.37. The van der Waals surface area contributed by atoms with Crippen LogP contribution in [-0.4, -0.2) is 21.3 Å². The molecule has 0 aromatic carbocycles. The van der Waals surface area contributed by atoms with Gasteiger partial charge in [-0.1, -0.05) is 117 Å². The van der Waals surface area contributed by atoms with Crippen LogP contribution < -0.4 is 0 Å². The smallest absolute Gasteiger partial charge is 0.278 e. The average Bonchev–Trinajstić information content (AvgIpc) is 2.56. The van der Waals surface area contributed by atoms with Crippen molar-refractivity contribution < 1.29 is 15.3 Å².